The van der Waals surface area contributed by atoms with Crippen molar-refractivity contribution in [3.8, 4) is 0 Å². The third-order valence-corrected chi connectivity index (χ3v) is 4.83. The van der Waals surface area contributed by atoms with E-state index in [1.54, 1.807) is 11.0 Å². The summed E-state index contributed by atoms with van der Waals surface area (Å²) in [5.74, 6) is -1.07. The van der Waals surface area contributed by atoms with E-state index in [4.69, 9.17) is 0 Å². The van der Waals surface area contributed by atoms with Gasteiger partial charge in [-0.1, -0.05) is 0 Å². The molecule has 0 aliphatic carbocycles. The molecule has 8 heteroatoms. The second kappa shape index (κ2) is 7.82. The molecule has 1 aliphatic rings. The lowest BCUT2D eigenvalue weighted by Gasteiger charge is -2.31. The molecule has 0 bridgehead atoms. The van der Waals surface area contributed by atoms with E-state index in [1.807, 2.05) is 0 Å². The molecule has 2 heterocycles. The predicted molar refractivity (Wildman–Crippen MR) is 98.4 cm³/mol. The number of rotatable bonds is 3. The van der Waals surface area contributed by atoms with Crippen LogP contribution < -0.4 is 10.9 Å². The number of hydrogen-bond acceptors (Lipinski definition) is 3. The Kier molecular flexibility index (Phi) is 5.51. The van der Waals surface area contributed by atoms with Gasteiger partial charge in [0.1, 0.15) is 11.5 Å². The summed E-state index contributed by atoms with van der Waals surface area (Å²) in [6, 6.07) is 6.96. The summed E-state index contributed by atoms with van der Waals surface area (Å²) in [5, 5.41) is 2.64. The van der Waals surface area contributed by atoms with Crippen LogP contribution in [0.4, 0.5) is 10.1 Å². The summed E-state index contributed by atoms with van der Waals surface area (Å²) >= 11 is 3.24. The molecule has 1 aliphatic heterocycles. The summed E-state index contributed by atoms with van der Waals surface area (Å²) in [5.41, 5.74) is 0.245. The molecule has 1 fully saturated rings. The number of aromatic amines is 1. The van der Waals surface area contributed by atoms with E-state index in [-0.39, 0.29) is 34.8 Å². The molecule has 2 amide bonds. The Bertz CT molecular complexity index is 874. The molecular formula is C18H17BrFN3O3. The topological polar surface area (TPSA) is 82.3 Å². The van der Waals surface area contributed by atoms with E-state index in [0.29, 0.717) is 36.0 Å². The third-order valence-electron chi connectivity index (χ3n) is 4.37. The number of H-pyrrole nitrogens is 1. The lowest BCUT2D eigenvalue weighted by Crippen LogP contribution is -2.41. The Morgan fingerprint density at radius 3 is 2.50 bits per heavy atom. The summed E-state index contributed by atoms with van der Waals surface area (Å²) in [6.45, 7) is 0.867. The van der Waals surface area contributed by atoms with E-state index >= 15 is 0 Å². The van der Waals surface area contributed by atoms with Crippen LogP contribution in [0.3, 0.4) is 0 Å². The minimum absolute atomic E-state index is 0.174. The van der Waals surface area contributed by atoms with Crippen molar-refractivity contribution in [3.05, 3.63) is 62.7 Å². The van der Waals surface area contributed by atoms with Crippen LogP contribution >= 0.6 is 15.9 Å². The number of nitrogens with one attached hydrogen (secondary N) is 2. The molecule has 26 heavy (non-hydrogen) atoms. The van der Waals surface area contributed by atoms with Crippen molar-refractivity contribution in [1.29, 1.82) is 0 Å². The Hall–Kier alpha value is -2.48. The number of amides is 2. The van der Waals surface area contributed by atoms with Crippen molar-refractivity contribution in [2.75, 3.05) is 18.4 Å². The van der Waals surface area contributed by atoms with Crippen molar-refractivity contribution in [2.24, 2.45) is 5.92 Å². The first kappa shape index (κ1) is 18.3. The van der Waals surface area contributed by atoms with Crippen molar-refractivity contribution in [2.45, 2.75) is 12.8 Å². The van der Waals surface area contributed by atoms with Crippen molar-refractivity contribution in [1.82, 2.24) is 9.88 Å². The molecule has 0 spiro atoms. The van der Waals surface area contributed by atoms with Gasteiger partial charge in [-0.05, 0) is 59.1 Å². The van der Waals surface area contributed by atoms with Gasteiger partial charge in [-0.25, -0.2) is 4.39 Å². The van der Waals surface area contributed by atoms with Gasteiger partial charge < -0.3 is 15.2 Å². The lowest BCUT2D eigenvalue weighted by molar-refractivity contribution is -0.121. The highest BCUT2D eigenvalue weighted by atomic mass is 79.9. The first-order chi connectivity index (χ1) is 12.4. The van der Waals surface area contributed by atoms with Gasteiger partial charge in [0, 0.05) is 35.2 Å². The number of carbonyl (C=O) groups is 2. The Morgan fingerprint density at radius 1 is 1.19 bits per heavy atom. The van der Waals surface area contributed by atoms with E-state index in [0.717, 1.165) is 0 Å². The van der Waals surface area contributed by atoms with Crippen molar-refractivity contribution >= 4 is 33.4 Å². The maximum Gasteiger partial charge on any atom is 0.271 e. The summed E-state index contributed by atoms with van der Waals surface area (Å²) in [4.78, 5) is 40.7. The monoisotopic (exact) mass is 421 g/mol. The molecule has 1 aromatic carbocycles. The fourth-order valence-electron chi connectivity index (χ4n) is 2.90. The van der Waals surface area contributed by atoms with Crippen LogP contribution in [0.2, 0.25) is 0 Å². The van der Waals surface area contributed by atoms with Crippen LogP contribution in [-0.2, 0) is 4.79 Å². The summed E-state index contributed by atoms with van der Waals surface area (Å²) < 4.78 is 13.6. The van der Waals surface area contributed by atoms with Gasteiger partial charge in [0.25, 0.3) is 11.5 Å². The summed E-state index contributed by atoms with van der Waals surface area (Å²) in [6.07, 6.45) is 2.51. The van der Waals surface area contributed by atoms with Gasteiger partial charge in [0.15, 0.2) is 0 Å². The van der Waals surface area contributed by atoms with Crippen LogP contribution in [-0.4, -0.2) is 34.8 Å². The highest BCUT2D eigenvalue weighted by Crippen LogP contribution is 2.21. The van der Waals surface area contributed by atoms with Crippen LogP contribution in [0.1, 0.15) is 23.2 Å². The van der Waals surface area contributed by atoms with E-state index < -0.39 is 0 Å². The number of hydrogen-bond donors (Lipinski definition) is 2. The summed E-state index contributed by atoms with van der Waals surface area (Å²) in [7, 11) is 0. The van der Waals surface area contributed by atoms with Crippen molar-refractivity contribution in [3.63, 3.8) is 0 Å². The number of piperidine rings is 1. The maximum atomic E-state index is 13.0. The van der Waals surface area contributed by atoms with Gasteiger partial charge in [-0.15, -0.1) is 0 Å². The number of pyridine rings is 1. The molecule has 0 atom stereocenters. The number of benzene rings is 1. The second-order valence-corrected chi connectivity index (χ2v) is 7.04. The fraction of sp³-hybridized carbons (Fsp3) is 0.278. The molecule has 1 aromatic heterocycles. The van der Waals surface area contributed by atoms with Gasteiger partial charge in [-0.3, -0.25) is 14.4 Å². The minimum Gasteiger partial charge on any atom is -0.339 e. The van der Waals surface area contributed by atoms with Gasteiger partial charge in [-0.2, -0.15) is 0 Å². The van der Waals surface area contributed by atoms with E-state index in [2.05, 4.69) is 26.2 Å². The van der Waals surface area contributed by atoms with Gasteiger partial charge in [0.2, 0.25) is 5.91 Å². The molecule has 3 rings (SSSR count). The highest BCUT2D eigenvalue weighted by molar-refractivity contribution is 9.10. The quantitative estimate of drug-likeness (QED) is 0.798. The van der Waals surface area contributed by atoms with Crippen LogP contribution in [0.5, 0.6) is 0 Å². The Labute approximate surface area is 157 Å². The average Bonchev–Trinajstić information content (AvgIpc) is 2.65. The number of halogens is 2. The number of anilines is 1. The second-order valence-electron chi connectivity index (χ2n) is 6.12. The number of likely N-dealkylation sites (tertiary alicyclic amines) is 1. The first-order valence-electron chi connectivity index (χ1n) is 8.18. The standard InChI is InChI=1S/C18H17BrFN3O3/c19-13-9-15(17(25)21-10-13)22-16(24)11-5-7-23(8-6-11)18(26)12-1-3-14(20)4-2-12/h1-4,9-11H,5-8H2,(H,21,25)(H,22,24). The molecule has 0 radical (unpaired) electrons. The highest BCUT2D eigenvalue weighted by Gasteiger charge is 2.28. The molecular weight excluding hydrogens is 405 g/mol. The Balaban J connectivity index is 1.58. The van der Waals surface area contributed by atoms with Crippen LogP contribution in [0.15, 0.2) is 45.8 Å². The zero-order chi connectivity index (χ0) is 18.7. The number of aromatic nitrogens is 1. The molecule has 0 unspecified atom stereocenters. The third kappa shape index (κ3) is 4.19. The number of carbonyl (C=O) groups excluding carboxylic acids is 2. The minimum atomic E-state index is -0.389. The van der Waals surface area contributed by atoms with Gasteiger partial charge >= 0.3 is 0 Å². The van der Waals surface area contributed by atoms with E-state index in [9.17, 15) is 18.8 Å². The van der Waals surface area contributed by atoms with E-state index in [1.165, 1.54) is 30.5 Å². The maximum absolute atomic E-state index is 13.0. The first-order valence-corrected chi connectivity index (χ1v) is 8.97. The predicted octanol–water partition coefficient (Wildman–Crippen LogP) is 2.77. The van der Waals surface area contributed by atoms with Crippen LogP contribution in [0.25, 0.3) is 0 Å². The molecule has 136 valence electrons. The van der Waals surface area contributed by atoms with Gasteiger partial charge in [0.05, 0.1) is 0 Å². The SMILES string of the molecule is O=C(Nc1cc(Br)c[nH]c1=O)C1CCN(C(=O)c2ccc(F)cc2)CC1. The van der Waals surface area contributed by atoms with Crippen LogP contribution in [0, 0.1) is 11.7 Å². The normalized spacial score (nSPS) is 14.9. The molecule has 0 saturated carbocycles. The smallest absolute Gasteiger partial charge is 0.271 e. The van der Waals surface area contributed by atoms with Crippen molar-refractivity contribution < 1.29 is 14.0 Å². The Morgan fingerprint density at radius 2 is 1.85 bits per heavy atom. The average molecular weight is 422 g/mol. The zero-order valence-electron chi connectivity index (χ0n) is 13.8. The molecule has 6 nitrogen and oxygen atoms in total. The molecule has 2 aromatic rings. The number of nitrogens with zero attached hydrogens (tertiary/aromatic N) is 1. The molecule has 2 N–H and O–H groups in total. The fourth-order valence-corrected chi connectivity index (χ4v) is 3.25. The molecule has 1 saturated heterocycles. The largest absolute Gasteiger partial charge is 0.339 e. The zero-order valence-corrected chi connectivity index (χ0v) is 15.4. The lowest BCUT2D eigenvalue weighted by atomic mass is 9.95.